The highest BCUT2D eigenvalue weighted by Gasteiger charge is 2.16. The predicted molar refractivity (Wildman–Crippen MR) is 86.5 cm³/mol. The van der Waals surface area contributed by atoms with Crippen LogP contribution in [0.1, 0.15) is 57.3 Å². The smallest absolute Gasteiger partial charge is 0.343 e. The van der Waals surface area contributed by atoms with Gasteiger partial charge in [-0.2, -0.15) is 4.57 Å². The molecule has 0 saturated heterocycles. The minimum atomic E-state index is -0.405. The summed E-state index contributed by atoms with van der Waals surface area (Å²) in [6.45, 7) is 8.36. The molecule has 0 spiro atoms. The van der Waals surface area contributed by atoms with E-state index in [0.717, 1.165) is 19.3 Å². The number of rotatable bonds is 7. The highest BCUT2D eigenvalue weighted by atomic mass is 16.5. The number of ether oxygens (including phenoxy) is 1. The van der Waals surface area contributed by atoms with Gasteiger partial charge in [0.05, 0.1) is 7.11 Å². The topological polar surface area (TPSA) is 59.3 Å². The number of methoxy groups -OCH3 is 1. The average Bonchev–Trinajstić information content (AvgIpc) is 2.55. The number of nitrogens with zero attached hydrogens (tertiary/aromatic N) is 1. The summed E-state index contributed by atoms with van der Waals surface area (Å²) in [5.41, 5.74) is 0.434. The Kier molecular flexibility index (Phi) is 10.7. The molecular formula is C17H29N2O3+. The van der Waals surface area contributed by atoms with Crippen molar-refractivity contribution in [3.8, 4) is 0 Å². The van der Waals surface area contributed by atoms with Crippen LogP contribution >= 0.6 is 0 Å². The second kappa shape index (κ2) is 11.7. The zero-order valence-corrected chi connectivity index (χ0v) is 14.4. The molecule has 22 heavy (non-hydrogen) atoms. The highest BCUT2D eigenvalue weighted by Crippen LogP contribution is 2.01. The van der Waals surface area contributed by atoms with Gasteiger partial charge < -0.3 is 10.1 Å². The molecule has 1 amide bonds. The molecule has 1 atom stereocenters. The first kappa shape index (κ1) is 20.1. The summed E-state index contributed by atoms with van der Waals surface area (Å²) in [4.78, 5) is 23.4. The van der Waals surface area contributed by atoms with Crippen LogP contribution in [0.15, 0.2) is 24.5 Å². The van der Waals surface area contributed by atoms with E-state index in [0.29, 0.717) is 5.56 Å². The molecule has 1 N–H and O–H groups in total. The maximum absolute atomic E-state index is 12.0. The van der Waals surface area contributed by atoms with Crippen LogP contribution in [0.2, 0.25) is 0 Å². The van der Waals surface area contributed by atoms with Crippen LogP contribution in [0.5, 0.6) is 0 Å². The largest absolute Gasteiger partial charge is 0.465 e. The van der Waals surface area contributed by atoms with Gasteiger partial charge in [-0.1, -0.05) is 34.1 Å². The molecule has 1 heterocycles. The molecule has 0 bridgehead atoms. The zero-order chi connectivity index (χ0) is 17.0. The van der Waals surface area contributed by atoms with Gasteiger partial charge in [0, 0.05) is 12.1 Å². The van der Waals surface area contributed by atoms with E-state index in [9.17, 15) is 9.59 Å². The van der Waals surface area contributed by atoms with Gasteiger partial charge in [0.2, 0.25) is 6.54 Å². The second-order valence-electron chi connectivity index (χ2n) is 4.72. The fourth-order valence-electron chi connectivity index (χ4n) is 2.02. The lowest BCUT2D eigenvalue weighted by atomic mass is 10.1. The van der Waals surface area contributed by atoms with Crippen molar-refractivity contribution in [2.75, 3.05) is 7.11 Å². The van der Waals surface area contributed by atoms with Crippen LogP contribution in [0.25, 0.3) is 0 Å². The van der Waals surface area contributed by atoms with Crippen molar-refractivity contribution in [2.24, 2.45) is 0 Å². The number of hydrogen-bond acceptors (Lipinski definition) is 3. The molecule has 0 fully saturated rings. The first-order valence-corrected chi connectivity index (χ1v) is 7.97. The lowest BCUT2D eigenvalue weighted by molar-refractivity contribution is -0.684. The monoisotopic (exact) mass is 309 g/mol. The van der Waals surface area contributed by atoms with E-state index in [4.69, 9.17) is 0 Å². The van der Waals surface area contributed by atoms with E-state index >= 15 is 0 Å². The van der Waals surface area contributed by atoms with Crippen LogP contribution in [-0.4, -0.2) is 25.0 Å². The van der Waals surface area contributed by atoms with Gasteiger partial charge in [-0.3, -0.25) is 4.79 Å². The molecule has 0 saturated carbocycles. The Balaban J connectivity index is 0.00000211. The number of nitrogens with one attached hydrogen (secondary N) is 1. The lowest BCUT2D eigenvalue weighted by Crippen LogP contribution is -2.45. The molecule has 5 heteroatoms. The Labute approximate surface area is 133 Å². The SMILES string of the molecule is CC.CCCC(CC)NC(=O)C[n+]1cccc(C(=O)OC)c1. The molecule has 1 rings (SSSR count). The molecule has 0 aliphatic rings. The van der Waals surface area contributed by atoms with Crippen molar-refractivity contribution in [2.45, 2.75) is 59.5 Å². The van der Waals surface area contributed by atoms with E-state index < -0.39 is 5.97 Å². The Morgan fingerprint density at radius 3 is 2.55 bits per heavy atom. The van der Waals surface area contributed by atoms with Gasteiger partial charge in [-0.25, -0.2) is 4.79 Å². The second-order valence-corrected chi connectivity index (χ2v) is 4.72. The van der Waals surface area contributed by atoms with Crippen molar-refractivity contribution < 1.29 is 18.9 Å². The lowest BCUT2D eigenvalue weighted by Gasteiger charge is -2.14. The number of esters is 1. The third kappa shape index (κ3) is 7.20. The molecular weight excluding hydrogens is 280 g/mol. The number of carbonyl (C=O) groups excluding carboxylic acids is 2. The Morgan fingerprint density at radius 2 is 2.00 bits per heavy atom. The van der Waals surface area contributed by atoms with Crippen molar-refractivity contribution in [1.82, 2.24) is 5.32 Å². The third-order valence-electron chi connectivity index (χ3n) is 3.10. The van der Waals surface area contributed by atoms with Crippen LogP contribution in [0.4, 0.5) is 0 Å². The van der Waals surface area contributed by atoms with Gasteiger partial charge in [-0.15, -0.1) is 0 Å². The molecule has 0 radical (unpaired) electrons. The van der Waals surface area contributed by atoms with E-state index in [1.54, 1.807) is 29.1 Å². The Hall–Kier alpha value is -1.91. The zero-order valence-electron chi connectivity index (χ0n) is 14.4. The normalized spacial score (nSPS) is 11.0. The van der Waals surface area contributed by atoms with Crippen LogP contribution in [0.3, 0.4) is 0 Å². The molecule has 124 valence electrons. The Morgan fingerprint density at radius 1 is 1.32 bits per heavy atom. The fourth-order valence-corrected chi connectivity index (χ4v) is 2.02. The molecule has 5 nitrogen and oxygen atoms in total. The van der Waals surface area contributed by atoms with Gasteiger partial charge in [0.25, 0.3) is 5.91 Å². The van der Waals surface area contributed by atoms with Gasteiger partial charge >= 0.3 is 5.97 Å². The summed E-state index contributed by atoms with van der Waals surface area (Å²) < 4.78 is 6.34. The predicted octanol–water partition coefficient (Wildman–Crippen LogP) is 2.48. The minimum absolute atomic E-state index is 0.0442. The van der Waals surface area contributed by atoms with Gasteiger partial charge in [-0.05, 0) is 18.9 Å². The molecule has 0 aromatic carbocycles. The standard InChI is InChI=1S/C15H22N2O3.C2H6/c1-4-7-13(5-2)16-14(18)11-17-9-6-8-12(10-17)15(19)20-3;1-2/h6,8-10,13H,4-5,7,11H2,1-3H3;1-2H3/p+1. The fraction of sp³-hybridized carbons (Fsp3) is 0.588. The molecule has 1 aromatic heterocycles. The van der Waals surface area contributed by atoms with Gasteiger partial charge in [0.1, 0.15) is 5.56 Å². The molecule has 0 aliphatic heterocycles. The summed E-state index contributed by atoms with van der Waals surface area (Å²) in [6.07, 6.45) is 6.32. The summed E-state index contributed by atoms with van der Waals surface area (Å²) in [7, 11) is 1.34. The van der Waals surface area contributed by atoms with E-state index in [2.05, 4.69) is 23.9 Å². The number of pyridine rings is 1. The quantitative estimate of drug-likeness (QED) is 0.622. The average molecular weight is 309 g/mol. The van der Waals surface area contributed by atoms with Crippen molar-refractivity contribution in [3.05, 3.63) is 30.1 Å². The van der Waals surface area contributed by atoms with Crippen molar-refractivity contribution in [1.29, 1.82) is 0 Å². The summed E-state index contributed by atoms with van der Waals surface area (Å²) >= 11 is 0. The maximum Gasteiger partial charge on any atom is 0.343 e. The summed E-state index contributed by atoms with van der Waals surface area (Å²) in [5, 5.41) is 3.00. The van der Waals surface area contributed by atoms with E-state index in [-0.39, 0.29) is 18.5 Å². The van der Waals surface area contributed by atoms with E-state index in [1.165, 1.54) is 7.11 Å². The molecule has 1 aromatic rings. The number of aromatic nitrogens is 1. The van der Waals surface area contributed by atoms with Crippen molar-refractivity contribution in [3.63, 3.8) is 0 Å². The van der Waals surface area contributed by atoms with Crippen LogP contribution < -0.4 is 9.88 Å². The number of hydrogen-bond donors (Lipinski definition) is 1. The van der Waals surface area contributed by atoms with Crippen molar-refractivity contribution >= 4 is 11.9 Å². The van der Waals surface area contributed by atoms with E-state index in [1.807, 2.05) is 13.8 Å². The summed E-state index contributed by atoms with van der Waals surface area (Å²) in [5.74, 6) is -0.450. The third-order valence-corrected chi connectivity index (χ3v) is 3.10. The first-order chi connectivity index (χ1) is 10.6. The first-order valence-electron chi connectivity index (χ1n) is 7.97. The van der Waals surface area contributed by atoms with Crippen LogP contribution in [-0.2, 0) is 16.1 Å². The highest BCUT2D eigenvalue weighted by molar-refractivity contribution is 5.88. The summed E-state index contributed by atoms with van der Waals surface area (Å²) in [6, 6.07) is 3.60. The molecule has 1 unspecified atom stereocenters. The maximum atomic E-state index is 12.0. The number of carbonyl (C=O) groups is 2. The Bertz CT molecular complexity index is 461. The minimum Gasteiger partial charge on any atom is -0.465 e. The van der Waals surface area contributed by atoms with Crippen LogP contribution in [0, 0.1) is 0 Å². The molecule has 0 aliphatic carbocycles. The number of amides is 1. The van der Waals surface area contributed by atoms with Gasteiger partial charge in [0.15, 0.2) is 12.4 Å².